The molecule has 1 rings (SSSR count). The Labute approximate surface area is 67.9 Å². The van der Waals surface area contributed by atoms with Crippen LogP contribution in [0.15, 0.2) is 12.7 Å². The molecular weight excluding hydrogens is 140 g/mol. The van der Waals surface area contributed by atoms with E-state index >= 15 is 0 Å². The molecule has 2 heteroatoms. The molecular formula is C9H16O2. The standard InChI is InChI=1S/C9H16O2/c1-4-8-6(2)7(3)11-9(8)5-10/h4,6-10H,1,5H2,2-3H3. The maximum Gasteiger partial charge on any atom is 0.0875 e. The lowest BCUT2D eigenvalue weighted by Crippen LogP contribution is -2.20. The summed E-state index contributed by atoms with van der Waals surface area (Å²) in [5, 5.41) is 8.93. The van der Waals surface area contributed by atoms with E-state index in [9.17, 15) is 0 Å². The smallest absolute Gasteiger partial charge is 0.0875 e. The molecule has 4 unspecified atom stereocenters. The third kappa shape index (κ3) is 1.47. The van der Waals surface area contributed by atoms with Crippen molar-refractivity contribution in [3.63, 3.8) is 0 Å². The highest BCUT2D eigenvalue weighted by atomic mass is 16.5. The average molecular weight is 156 g/mol. The lowest BCUT2D eigenvalue weighted by atomic mass is 9.89. The fourth-order valence-corrected chi connectivity index (χ4v) is 1.67. The van der Waals surface area contributed by atoms with Gasteiger partial charge in [0.15, 0.2) is 0 Å². The predicted molar refractivity (Wildman–Crippen MR) is 44.3 cm³/mol. The summed E-state index contributed by atoms with van der Waals surface area (Å²) in [4.78, 5) is 0. The first-order valence-corrected chi connectivity index (χ1v) is 4.09. The van der Waals surface area contributed by atoms with Crippen molar-refractivity contribution >= 4 is 0 Å². The highest BCUT2D eigenvalue weighted by molar-refractivity contribution is 4.95. The molecule has 0 aromatic rings. The van der Waals surface area contributed by atoms with Crippen LogP contribution in [0, 0.1) is 11.8 Å². The predicted octanol–water partition coefficient (Wildman–Crippen LogP) is 1.20. The summed E-state index contributed by atoms with van der Waals surface area (Å²) in [5.74, 6) is 0.791. The highest BCUT2D eigenvalue weighted by Crippen LogP contribution is 2.32. The van der Waals surface area contributed by atoms with Crippen LogP contribution in [0.4, 0.5) is 0 Å². The van der Waals surface area contributed by atoms with Crippen LogP contribution in [0.25, 0.3) is 0 Å². The SMILES string of the molecule is C=CC1C(CO)OC(C)C1C. The Kier molecular flexibility index (Phi) is 2.68. The molecule has 0 aromatic carbocycles. The molecule has 0 spiro atoms. The second-order valence-electron chi connectivity index (χ2n) is 3.23. The van der Waals surface area contributed by atoms with Crippen molar-refractivity contribution in [2.75, 3.05) is 6.61 Å². The fraction of sp³-hybridized carbons (Fsp3) is 0.778. The lowest BCUT2D eigenvalue weighted by molar-refractivity contribution is 0.00902. The Morgan fingerprint density at radius 3 is 2.55 bits per heavy atom. The van der Waals surface area contributed by atoms with Crippen molar-refractivity contribution in [1.29, 1.82) is 0 Å². The normalized spacial score (nSPS) is 44.3. The van der Waals surface area contributed by atoms with E-state index in [0.717, 1.165) is 0 Å². The maximum absolute atomic E-state index is 8.93. The third-order valence-electron chi connectivity index (χ3n) is 2.62. The molecule has 1 fully saturated rings. The molecule has 0 aliphatic carbocycles. The van der Waals surface area contributed by atoms with Crippen molar-refractivity contribution in [2.24, 2.45) is 11.8 Å². The number of aliphatic hydroxyl groups is 1. The molecule has 2 nitrogen and oxygen atoms in total. The zero-order valence-electron chi connectivity index (χ0n) is 7.16. The molecule has 1 N–H and O–H groups in total. The Hall–Kier alpha value is -0.340. The molecule has 1 saturated heterocycles. The number of hydrogen-bond donors (Lipinski definition) is 1. The van der Waals surface area contributed by atoms with Crippen molar-refractivity contribution in [1.82, 2.24) is 0 Å². The molecule has 0 radical (unpaired) electrons. The molecule has 0 saturated carbocycles. The average Bonchev–Trinajstić information content (AvgIpc) is 2.28. The molecule has 1 aliphatic heterocycles. The maximum atomic E-state index is 8.93. The Morgan fingerprint density at radius 2 is 2.18 bits per heavy atom. The van der Waals surface area contributed by atoms with Gasteiger partial charge < -0.3 is 9.84 Å². The Balaban J connectivity index is 2.64. The number of rotatable bonds is 2. The molecule has 11 heavy (non-hydrogen) atoms. The van der Waals surface area contributed by atoms with Gasteiger partial charge >= 0.3 is 0 Å². The van der Waals surface area contributed by atoms with Gasteiger partial charge in [0.25, 0.3) is 0 Å². The van der Waals surface area contributed by atoms with Gasteiger partial charge in [0.1, 0.15) is 0 Å². The summed E-state index contributed by atoms with van der Waals surface area (Å²) in [7, 11) is 0. The highest BCUT2D eigenvalue weighted by Gasteiger charge is 2.36. The largest absolute Gasteiger partial charge is 0.394 e. The monoisotopic (exact) mass is 156 g/mol. The minimum absolute atomic E-state index is 0.0301. The van der Waals surface area contributed by atoms with E-state index in [1.807, 2.05) is 13.0 Å². The van der Waals surface area contributed by atoms with Crippen LogP contribution < -0.4 is 0 Å². The first-order chi connectivity index (χ1) is 5.20. The minimum atomic E-state index is -0.0301. The van der Waals surface area contributed by atoms with E-state index in [0.29, 0.717) is 11.8 Å². The van der Waals surface area contributed by atoms with Crippen LogP contribution in [0.3, 0.4) is 0 Å². The van der Waals surface area contributed by atoms with Gasteiger partial charge in [-0.25, -0.2) is 0 Å². The lowest BCUT2D eigenvalue weighted by Gasteiger charge is -2.13. The molecule has 0 amide bonds. The Morgan fingerprint density at radius 1 is 1.55 bits per heavy atom. The molecule has 0 bridgehead atoms. The summed E-state index contributed by atoms with van der Waals surface area (Å²) >= 11 is 0. The van der Waals surface area contributed by atoms with E-state index in [1.54, 1.807) is 0 Å². The number of hydrogen-bond acceptors (Lipinski definition) is 2. The van der Waals surface area contributed by atoms with Gasteiger partial charge in [-0.15, -0.1) is 6.58 Å². The van der Waals surface area contributed by atoms with Gasteiger partial charge in [-0.1, -0.05) is 13.0 Å². The quantitative estimate of drug-likeness (QED) is 0.609. The van der Waals surface area contributed by atoms with Crippen molar-refractivity contribution < 1.29 is 9.84 Å². The van der Waals surface area contributed by atoms with Crippen LogP contribution in [-0.2, 0) is 4.74 Å². The second-order valence-corrected chi connectivity index (χ2v) is 3.23. The van der Waals surface area contributed by atoms with E-state index in [1.165, 1.54) is 0 Å². The van der Waals surface area contributed by atoms with Crippen LogP contribution in [0.2, 0.25) is 0 Å². The summed E-state index contributed by atoms with van der Waals surface area (Å²) in [6.45, 7) is 8.01. The van der Waals surface area contributed by atoms with Gasteiger partial charge in [0.05, 0.1) is 18.8 Å². The van der Waals surface area contributed by atoms with E-state index in [4.69, 9.17) is 9.84 Å². The van der Waals surface area contributed by atoms with Crippen molar-refractivity contribution in [3.8, 4) is 0 Å². The molecule has 0 aromatic heterocycles. The van der Waals surface area contributed by atoms with Crippen LogP contribution in [0.5, 0.6) is 0 Å². The molecule has 64 valence electrons. The zero-order chi connectivity index (χ0) is 8.43. The van der Waals surface area contributed by atoms with Crippen LogP contribution >= 0.6 is 0 Å². The minimum Gasteiger partial charge on any atom is -0.394 e. The zero-order valence-corrected chi connectivity index (χ0v) is 7.16. The summed E-state index contributed by atoms with van der Waals surface area (Å²) in [6.07, 6.45) is 2.10. The first-order valence-electron chi connectivity index (χ1n) is 4.09. The fourth-order valence-electron chi connectivity index (χ4n) is 1.67. The molecule has 4 atom stereocenters. The van der Waals surface area contributed by atoms with E-state index in [-0.39, 0.29) is 18.8 Å². The van der Waals surface area contributed by atoms with Gasteiger partial charge in [-0.2, -0.15) is 0 Å². The number of ether oxygens (including phenoxy) is 1. The number of aliphatic hydroxyl groups excluding tert-OH is 1. The van der Waals surface area contributed by atoms with Crippen molar-refractivity contribution in [2.45, 2.75) is 26.1 Å². The summed E-state index contributed by atoms with van der Waals surface area (Å²) in [6, 6.07) is 0. The third-order valence-corrected chi connectivity index (χ3v) is 2.62. The van der Waals surface area contributed by atoms with Crippen LogP contribution in [-0.4, -0.2) is 23.9 Å². The van der Waals surface area contributed by atoms with Gasteiger partial charge in [0, 0.05) is 5.92 Å². The van der Waals surface area contributed by atoms with Crippen molar-refractivity contribution in [3.05, 3.63) is 12.7 Å². The Bertz CT molecular complexity index is 144. The molecule has 1 aliphatic rings. The van der Waals surface area contributed by atoms with Crippen LogP contribution in [0.1, 0.15) is 13.8 Å². The van der Waals surface area contributed by atoms with Gasteiger partial charge in [-0.3, -0.25) is 0 Å². The second kappa shape index (κ2) is 3.37. The molecule has 1 heterocycles. The van der Waals surface area contributed by atoms with Gasteiger partial charge in [0.2, 0.25) is 0 Å². The summed E-state index contributed by atoms with van der Waals surface area (Å²) in [5.41, 5.74) is 0. The van der Waals surface area contributed by atoms with E-state index < -0.39 is 0 Å². The van der Waals surface area contributed by atoms with E-state index in [2.05, 4.69) is 13.5 Å². The summed E-state index contributed by atoms with van der Waals surface area (Å²) < 4.78 is 5.50. The first kappa shape index (κ1) is 8.75. The van der Waals surface area contributed by atoms with Gasteiger partial charge in [-0.05, 0) is 12.8 Å². The topological polar surface area (TPSA) is 29.5 Å².